The first-order valence-corrected chi connectivity index (χ1v) is 7.29. The molecule has 0 amide bonds. The molecule has 0 bridgehead atoms. The predicted molar refractivity (Wildman–Crippen MR) is 80.8 cm³/mol. The highest BCUT2D eigenvalue weighted by atomic mass is 32.2. The molecule has 3 N–H and O–H groups in total. The maximum atomic E-state index is 5.67. The van der Waals surface area contributed by atoms with E-state index in [1.54, 1.807) is 12.4 Å². The number of aromatic nitrogens is 1. The third-order valence-electron chi connectivity index (χ3n) is 2.39. The van der Waals surface area contributed by atoms with Gasteiger partial charge in [-0.1, -0.05) is 19.1 Å². The number of nitrogens with zero attached hydrogens (tertiary/aromatic N) is 1. The molecular formula is C12H19N3S2. The van der Waals surface area contributed by atoms with Crippen molar-refractivity contribution in [1.82, 2.24) is 4.98 Å². The number of rotatable bonds is 7. The van der Waals surface area contributed by atoms with Crippen LogP contribution in [0.1, 0.15) is 25.8 Å². The molecule has 0 aliphatic heterocycles. The van der Waals surface area contributed by atoms with Gasteiger partial charge < -0.3 is 11.1 Å². The number of hydrogen-bond donors (Lipinski definition) is 2. The Morgan fingerprint density at radius 2 is 2.41 bits per heavy atom. The lowest BCUT2D eigenvalue weighted by atomic mass is 10.2. The van der Waals surface area contributed by atoms with Crippen molar-refractivity contribution in [3.05, 3.63) is 24.0 Å². The van der Waals surface area contributed by atoms with Gasteiger partial charge in [0.05, 0.1) is 11.9 Å². The fourth-order valence-corrected chi connectivity index (χ4v) is 2.45. The minimum absolute atomic E-state index is 0.395. The standard InChI is InChI=1S/C12H19N3S2/c1-3-17-7-5-9(2)15-11-8-14-6-4-10(11)12(13)16/h4,6,8-9,15H,3,5,7H2,1-2H3,(H2,13,16). The lowest BCUT2D eigenvalue weighted by Gasteiger charge is -2.17. The van der Waals surface area contributed by atoms with Crippen LogP contribution in [0.5, 0.6) is 0 Å². The average molecular weight is 269 g/mol. The van der Waals surface area contributed by atoms with E-state index >= 15 is 0 Å². The second kappa shape index (κ2) is 7.50. The second-order valence-electron chi connectivity index (χ2n) is 3.82. The number of hydrogen-bond acceptors (Lipinski definition) is 4. The van der Waals surface area contributed by atoms with Gasteiger partial charge in [0, 0.05) is 17.8 Å². The molecular weight excluding hydrogens is 250 g/mol. The van der Waals surface area contributed by atoms with Crippen molar-refractivity contribution in [3.63, 3.8) is 0 Å². The van der Waals surface area contributed by atoms with Crippen LogP contribution in [-0.4, -0.2) is 27.5 Å². The fraction of sp³-hybridized carbons (Fsp3) is 0.500. The van der Waals surface area contributed by atoms with Crippen LogP contribution in [0.25, 0.3) is 0 Å². The monoisotopic (exact) mass is 269 g/mol. The van der Waals surface area contributed by atoms with E-state index in [1.807, 2.05) is 17.8 Å². The molecule has 0 saturated heterocycles. The molecule has 94 valence electrons. The summed E-state index contributed by atoms with van der Waals surface area (Å²) >= 11 is 6.97. The van der Waals surface area contributed by atoms with Crippen molar-refractivity contribution in [3.8, 4) is 0 Å². The van der Waals surface area contributed by atoms with Crippen molar-refractivity contribution in [1.29, 1.82) is 0 Å². The summed E-state index contributed by atoms with van der Waals surface area (Å²) in [6.45, 7) is 4.33. The number of thioether (sulfide) groups is 1. The SMILES string of the molecule is CCSCCC(C)Nc1cnccc1C(N)=S. The molecule has 0 fully saturated rings. The molecule has 0 saturated carbocycles. The van der Waals surface area contributed by atoms with Gasteiger partial charge in [0.25, 0.3) is 0 Å². The molecule has 1 aromatic rings. The summed E-state index contributed by atoms with van der Waals surface area (Å²) in [5.74, 6) is 2.32. The van der Waals surface area contributed by atoms with Gasteiger partial charge in [0.15, 0.2) is 0 Å². The molecule has 1 unspecified atom stereocenters. The number of thiocarbonyl (C=S) groups is 1. The molecule has 1 aromatic heterocycles. The molecule has 0 aliphatic carbocycles. The van der Waals surface area contributed by atoms with E-state index in [0.29, 0.717) is 11.0 Å². The molecule has 17 heavy (non-hydrogen) atoms. The Morgan fingerprint density at radius 3 is 3.06 bits per heavy atom. The molecule has 1 rings (SSSR count). The highest BCUT2D eigenvalue weighted by Crippen LogP contribution is 2.16. The van der Waals surface area contributed by atoms with Crippen LogP contribution in [0.4, 0.5) is 5.69 Å². The Hall–Kier alpha value is -0.810. The highest BCUT2D eigenvalue weighted by molar-refractivity contribution is 7.99. The maximum absolute atomic E-state index is 5.67. The fourth-order valence-electron chi connectivity index (χ4n) is 1.47. The first-order chi connectivity index (χ1) is 8.15. The Kier molecular flexibility index (Phi) is 6.29. The second-order valence-corrected chi connectivity index (χ2v) is 5.65. The molecule has 1 atom stereocenters. The Balaban J connectivity index is 2.58. The van der Waals surface area contributed by atoms with Crippen LogP contribution in [0.2, 0.25) is 0 Å². The van der Waals surface area contributed by atoms with E-state index in [1.165, 1.54) is 0 Å². The van der Waals surface area contributed by atoms with E-state index in [9.17, 15) is 0 Å². The van der Waals surface area contributed by atoms with Gasteiger partial charge in [0.1, 0.15) is 4.99 Å². The van der Waals surface area contributed by atoms with E-state index in [4.69, 9.17) is 18.0 Å². The summed E-state index contributed by atoms with van der Waals surface area (Å²) in [4.78, 5) is 4.50. The first kappa shape index (κ1) is 14.3. The van der Waals surface area contributed by atoms with E-state index in [-0.39, 0.29) is 0 Å². The molecule has 5 heteroatoms. The van der Waals surface area contributed by atoms with Gasteiger partial charge >= 0.3 is 0 Å². The zero-order valence-electron chi connectivity index (χ0n) is 10.3. The summed E-state index contributed by atoms with van der Waals surface area (Å²) in [5.41, 5.74) is 7.46. The van der Waals surface area contributed by atoms with Crippen LogP contribution in [0.15, 0.2) is 18.5 Å². The summed E-state index contributed by atoms with van der Waals surface area (Å²) in [6.07, 6.45) is 4.60. The molecule has 0 radical (unpaired) electrons. The van der Waals surface area contributed by atoms with Crippen LogP contribution in [0.3, 0.4) is 0 Å². The Morgan fingerprint density at radius 1 is 1.65 bits per heavy atom. The van der Waals surface area contributed by atoms with Crippen LogP contribution < -0.4 is 11.1 Å². The van der Waals surface area contributed by atoms with Crippen molar-refractivity contribution in [2.24, 2.45) is 5.73 Å². The van der Waals surface area contributed by atoms with Crippen molar-refractivity contribution >= 4 is 34.7 Å². The highest BCUT2D eigenvalue weighted by Gasteiger charge is 2.08. The number of nitrogens with two attached hydrogens (primary N) is 1. The summed E-state index contributed by atoms with van der Waals surface area (Å²) in [5, 5.41) is 3.41. The molecule has 0 spiro atoms. The third-order valence-corrected chi connectivity index (χ3v) is 3.54. The van der Waals surface area contributed by atoms with Crippen LogP contribution >= 0.6 is 24.0 Å². The molecule has 0 aromatic carbocycles. The Labute approximate surface area is 113 Å². The average Bonchev–Trinajstić information content (AvgIpc) is 2.29. The molecule has 0 aliphatic rings. The predicted octanol–water partition coefficient (Wildman–Crippen LogP) is 2.66. The first-order valence-electron chi connectivity index (χ1n) is 5.73. The third kappa shape index (κ3) is 4.91. The summed E-state index contributed by atoms with van der Waals surface area (Å²) in [6, 6.07) is 2.24. The van der Waals surface area contributed by atoms with Gasteiger partial charge in [-0.3, -0.25) is 4.98 Å². The lowest BCUT2D eigenvalue weighted by Crippen LogP contribution is -2.20. The van der Waals surface area contributed by atoms with Gasteiger partial charge in [-0.25, -0.2) is 0 Å². The summed E-state index contributed by atoms with van der Waals surface area (Å²) in [7, 11) is 0. The lowest BCUT2D eigenvalue weighted by molar-refractivity contribution is 0.770. The number of nitrogens with one attached hydrogen (secondary N) is 1. The van der Waals surface area contributed by atoms with Crippen molar-refractivity contribution in [2.75, 3.05) is 16.8 Å². The van der Waals surface area contributed by atoms with Crippen LogP contribution in [0, 0.1) is 0 Å². The topological polar surface area (TPSA) is 50.9 Å². The van der Waals surface area contributed by atoms with E-state index in [2.05, 4.69) is 24.1 Å². The van der Waals surface area contributed by atoms with E-state index in [0.717, 1.165) is 29.2 Å². The van der Waals surface area contributed by atoms with Gasteiger partial charge in [-0.2, -0.15) is 11.8 Å². The molecule has 3 nitrogen and oxygen atoms in total. The van der Waals surface area contributed by atoms with Gasteiger partial charge in [0.2, 0.25) is 0 Å². The smallest absolute Gasteiger partial charge is 0.106 e. The normalized spacial score (nSPS) is 12.1. The summed E-state index contributed by atoms with van der Waals surface area (Å²) < 4.78 is 0. The Bertz CT molecular complexity index is 369. The largest absolute Gasteiger partial charge is 0.389 e. The quantitative estimate of drug-likeness (QED) is 0.589. The molecule has 1 heterocycles. The zero-order chi connectivity index (χ0) is 12.7. The number of pyridine rings is 1. The maximum Gasteiger partial charge on any atom is 0.106 e. The van der Waals surface area contributed by atoms with Crippen LogP contribution in [-0.2, 0) is 0 Å². The zero-order valence-corrected chi connectivity index (χ0v) is 11.9. The van der Waals surface area contributed by atoms with Gasteiger partial charge in [-0.05, 0) is 30.9 Å². The van der Waals surface area contributed by atoms with Crippen molar-refractivity contribution in [2.45, 2.75) is 26.3 Å². The minimum Gasteiger partial charge on any atom is -0.389 e. The van der Waals surface area contributed by atoms with E-state index < -0.39 is 0 Å². The number of anilines is 1. The minimum atomic E-state index is 0.395. The van der Waals surface area contributed by atoms with Crippen molar-refractivity contribution < 1.29 is 0 Å². The van der Waals surface area contributed by atoms with Gasteiger partial charge in [-0.15, -0.1) is 0 Å².